The molecule has 7 aromatic carbocycles. The van der Waals surface area contributed by atoms with E-state index in [2.05, 4.69) is 170 Å². The van der Waals surface area contributed by atoms with Crippen LogP contribution in [0.1, 0.15) is 0 Å². The van der Waals surface area contributed by atoms with Gasteiger partial charge in [-0.2, -0.15) is 0 Å². The second kappa shape index (κ2) is 11.5. The minimum atomic E-state index is 0.728. The van der Waals surface area contributed by atoms with E-state index < -0.39 is 0 Å². The second-order valence-corrected chi connectivity index (χ2v) is 12.9. The zero-order chi connectivity index (χ0) is 31.2. The summed E-state index contributed by atoms with van der Waals surface area (Å²) in [6.45, 7) is 0. The Morgan fingerprint density at radius 2 is 0.894 bits per heavy atom. The summed E-state index contributed by atoms with van der Waals surface area (Å²) < 4.78 is 2.51. The number of hydrogen-bond acceptors (Lipinski definition) is 3. The van der Waals surface area contributed by atoms with Crippen LogP contribution in [-0.2, 0) is 0 Å². The molecule has 0 amide bonds. The zero-order valence-corrected chi connectivity index (χ0v) is 26.3. The standard InChI is InChI=1S/C44H28N2S/c1-3-11-29(12-4-1)30-21-23-31(24-22-30)33-15-9-16-34(27-33)35-17-10-18-36(28-35)44-45-39-26-25-38-37-19-7-8-20-40(37)47-43(38)41(39)42(46-44)32-13-5-2-6-14-32/h1-28H. The average Bonchev–Trinajstić information content (AvgIpc) is 3.54. The predicted molar refractivity (Wildman–Crippen MR) is 200 cm³/mol. The minimum Gasteiger partial charge on any atom is -0.228 e. The number of aromatic nitrogens is 2. The van der Waals surface area contributed by atoms with Crippen LogP contribution in [-0.4, -0.2) is 9.97 Å². The Balaban J connectivity index is 1.14. The van der Waals surface area contributed by atoms with Gasteiger partial charge in [-0.3, -0.25) is 0 Å². The summed E-state index contributed by atoms with van der Waals surface area (Å²) in [7, 11) is 0. The fourth-order valence-electron chi connectivity index (χ4n) is 6.54. The van der Waals surface area contributed by atoms with Crippen LogP contribution in [0.2, 0.25) is 0 Å². The minimum absolute atomic E-state index is 0.728. The quantitative estimate of drug-likeness (QED) is 0.192. The summed E-state index contributed by atoms with van der Waals surface area (Å²) >= 11 is 1.82. The Hall–Kier alpha value is -5.90. The summed E-state index contributed by atoms with van der Waals surface area (Å²) in [5.41, 5.74) is 11.1. The highest BCUT2D eigenvalue weighted by Gasteiger charge is 2.17. The molecule has 2 heterocycles. The highest BCUT2D eigenvalue weighted by Crippen LogP contribution is 2.42. The van der Waals surface area contributed by atoms with E-state index in [-0.39, 0.29) is 0 Å². The lowest BCUT2D eigenvalue weighted by Crippen LogP contribution is -1.95. The molecule has 0 atom stereocenters. The molecular weight excluding hydrogens is 589 g/mol. The molecule has 0 unspecified atom stereocenters. The van der Waals surface area contributed by atoms with E-state index in [9.17, 15) is 0 Å². The number of fused-ring (bicyclic) bond motifs is 5. The van der Waals surface area contributed by atoms with Crippen molar-refractivity contribution < 1.29 is 0 Å². The van der Waals surface area contributed by atoms with Gasteiger partial charge in [-0.15, -0.1) is 11.3 Å². The third kappa shape index (κ3) is 4.98. The molecule has 47 heavy (non-hydrogen) atoms. The van der Waals surface area contributed by atoms with Crippen LogP contribution >= 0.6 is 11.3 Å². The van der Waals surface area contributed by atoms with Crippen molar-refractivity contribution in [1.82, 2.24) is 9.97 Å². The Morgan fingerprint density at radius 3 is 1.62 bits per heavy atom. The van der Waals surface area contributed by atoms with E-state index in [0.717, 1.165) is 44.7 Å². The average molecular weight is 617 g/mol. The Bertz CT molecular complexity index is 2550. The van der Waals surface area contributed by atoms with Gasteiger partial charge in [0.25, 0.3) is 0 Å². The first-order valence-corrected chi connectivity index (χ1v) is 16.6. The fraction of sp³-hybridized carbons (Fsp3) is 0. The van der Waals surface area contributed by atoms with Crippen molar-refractivity contribution in [3.05, 3.63) is 170 Å². The van der Waals surface area contributed by atoms with Gasteiger partial charge in [0.05, 0.1) is 11.2 Å². The lowest BCUT2D eigenvalue weighted by Gasteiger charge is -2.12. The highest BCUT2D eigenvalue weighted by molar-refractivity contribution is 7.26. The van der Waals surface area contributed by atoms with Crippen LogP contribution in [0.4, 0.5) is 0 Å². The van der Waals surface area contributed by atoms with Gasteiger partial charge in [-0.05, 0) is 57.6 Å². The van der Waals surface area contributed by atoms with E-state index in [1.165, 1.54) is 42.4 Å². The summed E-state index contributed by atoms with van der Waals surface area (Å²) in [4.78, 5) is 10.5. The van der Waals surface area contributed by atoms with Crippen molar-refractivity contribution in [3.8, 4) is 56.0 Å². The van der Waals surface area contributed by atoms with Gasteiger partial charge < -0.3 is 0 Å². The van der Waals surface area contributed by atoms with E-state index in [0.29, 0.717) is 0 Å². The SMILES string of the molecule is c1ccc(-c2ccc(-c3cccc(-c4cccc(-c5nc(-c6ccccc6)c6c(ccc7c8ccccc8sc76)n5)c4)c3)cc2)cc1. The number of thiophene rings is 1. The Labute approximate surface area is 277 Å². The van der Waals surface area contributed by atoms with E-state index in [4.69, 9.17) is 9.97 Å². The molecule has 0 aliphatic rings. The maximum absolute atomic E-state index is 5.29. The van der Waals surface area contributed by atoms with Crippen LogP contribution in [0.5, 0.6) is 0 Å². The Morgan fingerprint density at radius 1 is 0.362 bits per heavy atom. The van der Waals surface area contributed by atoms with E-state index in [1.54, 1.807) is 0 Å². The molecule has 2 aromatic heterocycles. The number of nitrogens with zero attached hydrogens (tertiary/aromatic N) is 2. The third-order valence-electron chi connectivity index (χ3n) is 8.90. The molecule has 0 N–H and O–H groups in total. The molecule has 0 radical (unpaired) electrons. The molecule has 3 heteroatoms. The molecule has 0 aliphatic carbocycles. The summed E-state index contributed by atoms with van der Waals surface area (Å²) in [6, 6.07) is 60.2. The van der Waals surface area contributed by atoms with Crippen LogP contribution in [0.15, 0.2) is 170 Å². The molecule has 9 aromatic rings. The third-order valence-corrected chi connectivity index (χ3v) is 10.1. The normalized spacial score (nSPS) is 11.4. The summed E-state index contributed by atoms with van der Waals surface area (Å²) in [5, 5.41) is 3.64. The van der Waals surface area contributed by atoms with Crippen molar-refractivity contribution in [3.63, 3.8) is 0 Å². The molecule has 220 valence electrons. The highest BCUT2D eigenvalue weighted by atomic mass is 32.1. The van der Waals surface area contributed by atoms with Crippen LogP contribution in [0.25, 0.3) is 87.1 Å². The van der Waals surface area contributed by atoms with Gasteiger partial charge in [0.1, 0.15) is 0 Å². The van der Waals surface area contributed by atoms with Gasteiger partial charge in [0, 0.05) is 36.7 Å². The monoisotopic (exact) mass is 616 g/mol. The first-order chi connectivity index (χ1) is 23.3. The summed E-state index contributed by atoms with van der Waals surface area (Å²) in [6.07, 6.45) is 0. The Kier molecular flexibility index (Phi) is 6.69. The predicted octanol–water partition coefficient (Wildman–Crippen LogP) is 12.3. The fourth-order valence-corrected chi connectivity index (χ4v) is 7.78. The molecule has 9 rings (SSSR count). The number of hydrogen-bond donors (Lipinski definition) is 0. The maximum atomic E-state index is 5.29. The van der Waals surface area contributed by atoms with Crippen molar-refractivity contribution in [2.45, 2.75) is 0 Å². The van der Waals surface area contributed by atoms with Gasteiger partial charge in [-0.1, -0.05) is 146 Å². The van der Waals surface area contributed by atoms with Crippen molar-refractivity contribution >= 4 is 42.4 Å². The van der Waals surface area contributed by atoms with Gasteiger partial charge in [-0.25, -0.2) is 9.97 Å². The zero-order valence-electron chi connectivity index (χ0n) is 25.5. The van der Waals surface area contributed by atoms with Crippen molar-refractivity contribution in [1.29, 1.82) is 0 Å². The molecule has 0 saturated carbocycles. The molecular formula is C44H28N2S. The lowest BCUT2D eigenvalue weighted by atomic mass is 9.96. The van der Waals surface area contributed by atoms with Gasteiger partial charge in [0.15, 0.2) is 5.82 Å². The van der Waals surface area contributed by atoms with Crippen molar-refractivity contribution in [2.75, 3.05) is 0 Å². The lowest BCUT2D eigenvalue weighted by molar-refractivity contribution is 1.23. The topological polar surface area (TPSA) is 25.8 Å². The van der Waals surface area contributed by atoms with Crippen LogP contribution < -0.4 is 0 Å². The van der Waals surface area contributed by atoms with Crippen molar-refractivity contribution in [2.24, 2.45) is 0 Å². The van der Waals surface area contributed by atoms with Gasteiger partial charge in [0.2, 0.25) is 0 Å². The van der Waals surface area contributed by atoms with Crippen LogP contribution in [0.3, 0.4) is 0 Å². The second-order valence-electron chi connectivity index (χ2n) is 11.8. The number of rotatable bonds is 5. The molecule has 0 aliphatic heterocycles. The first-order valence-electron chi connectivity index (χ1n) is 15.8. The smallest absolute Gasteiger partial charge is 0.160 e. The molecule has 0 saturated heterocycles. The molecule has 0 spiro atoms. The number of benzene rings is 7. The largest absolute Gasteiger partial charge is 0.228 e. The van der Waals surface area contributed by atoms with E-state index in [1.807, 2.05) is 11.3 Å². The van der Waals surface area contributed by atoms with Crippen LogP contribution in [0, 0.1) is 0 Å². The molecule has 2 nitrogen and oxygen atoms in total. The maximum Gasteiger partial charge on any atom is 0.160 e. The van der Waals surface area contributed by atoms with Gasteiger partial charge >= 0.3 is 0 Å². The van der Waals surface area contributed by atoms with E-state index >= 15 is 0 Å². The first kappa shape index (κ1) is 27.4. The summed E-state index contributed by atoms with van der Waals surface area (Å²) in [5.74, 6) is 0.728. The molecule has 0 bridgehead atoms. The molecule has 0 fully saturated rings.